The van der Waals surface area contributed by atoms with Crippen LogP contribution in [-0.2, 0) is 0 Å². The highest BCUT2D eigenvalue weighted by atomic mass is 15.1. The number of benzene rings is 7. The van der Waals surface area contributed by atoms with E-state index in [0.29, 0.717) is 17.5 Å². The molecule has 7 heterocycles. The fraction of sp³-hybridized carbons (Fsp3) is 0. The molecule has 0 saturated heterocycles. The van der Waals surface area contributed by atoms with E-state index in [4.69, 9.17) is 44.9 Å². The lowest BCUT2D eigenvalue weighted by Gasteiger charge is -2.15. The number of nitrogens with zero attached hydrogens (tertiary/aromatic N) is 10. The highest BCUT2D eigenvalue weighted by Crippen LogP contribution is 2.41. The molecule has 73 heavy (non-hydrogen) atoms. The van der Waals surface area contributed by atoms with Gasteiger partial charge in [-0.3, -0.25) is 24.5 Å². The average Bonchev–Trinajstić information content (AvgIpc) is 3.89. The molecule has 0 fully saturated rings. The molecule has 0 radical (unpaired) electrons. The molecule has 0 spiro atoms. The molecular weight excluding hydrogens is 897 g/mol. The van der Waals surface area contributed by atoms with Crippen molar-refractivity contribution in [3.63, 3.8) is 0 Å². The van der Waals surface area contributed by atoms with Gasteiger partial charge in [-0.05, 0) is 91.0 Å². The van der Waals surface area contributed by atoms with Crippen LogP contribution in [0.1, 0.15) is 0 Å². The van der Waals surface area contributed by atoms with Gasteiger partial charge in [0.25, 0.3) is 0 Å². The highest BCUT2D eigenvalue weighted by Gasteiger charge is 2.24. The highest BCUT2D eigenvalue weighted by molar-refractivity contribution is 6.21. The van der Waals surface area contributed by atoms with Crippen LogP contribution in [0.2, 0.25) is 0 Å². The smallest absolute Gasteiger partial charge is 0.160 e. The summed E-state index contributed by atoms with van der Waals surface area (Å²) in [5, 5.41) is 3.87. The van der Waals surface area contributed by atoms with Gasteiger partial charge in [0, 0.05) is 91.0 Å². The number of hydrogen-bond donors (Lipinski definition) is 0. The van der Waals surface area contributed by atoms with Crippen LogP contribution in [0.4, 0.5) is 0 Å². The predicted octanol–water partition coefficient (Wildman–Crippen LogP) is 14.5. The lowest BCUT2D eigenvalue weighted by atomic mass is 10.0. The minimum Gasteiger partial charge on any atom is -0.292 e. The molecule has 14 aromatic rings. The summed E-state index contributed by atoms with van der Waals surface area (Å²) in [6, 6.07) is 69.8. The van der Waals surface area contributed by atoms with E-state index in [1.807, 2.05) is 140 Å². The summed E-state index contributed by atoms with van der Waals surface area (Å²) < 4.78 is 2.23. The number of aromatic nitrogens is 10. The number of rotatable bonds is 8. The number of para-hydroxylation sites is 3. The number of pyridine rings is 4. The second kappa shape index (κ2) is 17.3. The molecule has 0 unspecified atom stereocenters. The van der Waals surface area contributed by atoms with Gasteiger partial charge in [0.2, 0.25) is 0 Å². The normalized spacial score (nSPS) is 11.6. The van der Waals surface area contributed by atoms with Crippen molar-refractivity contribution < 1.29 is 0 Å². The third kappa shape index (κ3) is 7.49. The number of fused-ring (bicyclic) bond motifs is 8. The molecule has 0 atom stereocenters. The molecular formula is C63H38N10. The van der Waals surface area contributed by atoms with Gasteiger partial charge in [0.15, 0.2) is 11.6 Å². The van der Waals surface area contributed by atoms with Gasteiger partial charge in [-0.25, -0.2) is 24.9 Å². The zero-order valence-electron chi connectivity index (χ0n) is 38.9. The third-order valence-corrected chi connectivity index (χ3v) is 13.3. The maximum absolute atomic E-state index is 5.62. The maximum atomic E-state index is 5.62. The summed E-state index contributed by atoms with van der Waals surface area (Å²) in [4.78, 5) is 46.6. The third-order valence-electron chi connectivity index (χ3n) is 13.3. The van der Waals surface area contributed by atoms with Crippen molar-refractivity contribution in [2.75, 3.05) is 0 Å². The monoisotopic (exact) mass is 934 g/mol. The summed E-state index contributed by atoms with van der Waals surface area (Å²) in [5.74, 6) is 1.72. The lowest BCUT2D eigenvalue weighted by Crippen LogP contribution is -2.01. The molecule has 0 aliphatic rings. The molecule has 0 N–H and O–H groups in total. The summed E-state index contributed by atoms with van der Waals surface area (Å²) in [6.45, 7) is 0. The van der Waals surface area contributed by atoms with Crippen molar-refractivity contribution in [2.45, 2.75) is 0 Å². The van der Waals surface area contributed by atoms with E-state index in [2.05, 4.69) is 95.6 Å². The Morgan fingerprint density at radius 2 is 0.753 bits per heavy atom. The van der Waals surface area contributed by atoms with Crippen LogP contribution in [0.5, 0.6) is 0 Å². The number of hydrogen-bond acceptors (Lipinski definition) is 9. The summed E-state index contributed by atoms with van der Waals surface area (Å²) in [5.41, 5.74) is 15.0. The van der Waals surface area contributed by atoms with Gasteiger partial charge >= 0.3 is 0 Å². The van der Waals surface area contributed by atoms with Gasteiger partial charge in [0.05, 0.1) is 55.9 Å². The number of imidazole rings is 1. The van der Waals surface area contributed by atoms with Crippen molar-refractivity contribution in [1.29, 1.82) is 0 Å². The first-order chi connectivity index (χ1) is 36.1. The molecule has 0 saturated carbocycles. The van der Waals surface area contributed by atoms with Crippen LogP contribution in [0.25, 0.3) is 140 Å². The van der Waals surface area contributed by atoms with Crippen LogP contribution in [-0.4, -0.2) is 49.4 Å². The van der Waals surface area contributed by atoms with E-state index >= 15 is 0 Å². The second-order valence-corrected chi connectivity index (χ2v) is 17.9. The summed E-state index contributed by atoms with van der Waals surface area (Å²) >= 11 is 0. The Morgan fingerprint density at radius 3 is 1.30 bits per heavy atom. The Labute approximate surface area is 418 Å². The average molecular weight is 935 g/mol. The van der Waals surface area contributed by atoms with E-state index in [9.17, 15) is 0 Å². The molecule has 7 aromatic carbocycles. The Bertz CT molecular complexity index is 4260. The van der Waals surface area contributed by atoms with Crippen LogP contribution < -0.4 is 0 Å². The molecule has 0 amide bonds. The standard InChI is InChI=1S/C63H38N10/c1-4-16-39(17-5-1)53-35-55(46-30-41-20-10-12-26-51(41)66-37-46)70-61(68-53)43-32-44(62-69-54(40-18-6-2-7-19-40)36-56(71-62)47-31-42-21-11-13-27-52(42)67-38-47)34-45(33-43)63-72-59-49-24-14-28-64-57(49)58-50(25-15-29-65-58)60(59)73(63)48-22-8-3-9-23-48/h1-38H. The Hall–Kier alpha value is -10.2. The topological polar surface area (TPSA) is 121 Å². The first-order valence-electron chi connectivity index (χ1n) is 24.0. The van der Waals surface area contributed by atoms with Crippen molar-refractivity contribution in [2.24, 2.45) is 0 Å². The van der Waals surface area contributed by atoms with E-state index in [0.717, 1.165) is 122 Å². The van der Waals surface area contributed by atoms with Gasteiger partial charge in [-0.2, -0.15) is 0 Å². The van der Waals surface area contributed by atoms with E-state index < -0.39 is 0 Å². The lowest BCUT2D eigenvalue weighted by molar-refractivity contribution is 1.10. The van der Waals surface area contributed by atoms with Crippen LogP contribution in [0.3, 0.4) is 0 Å². The minimum atomic E-state index is 0.512. The van der Waals surface area contributed by atoms with Crippen molar-refractivity contribution in [1.82, 2.24) is 49.4 Å². The zero-order chi connectivity index (χ0) is 48.2. The fourth-order valence-electron chi connectivity index (χ4n) is 9.85. The van der Waals surface area contributed by atoms with Gasteiger partial charge in [-0.15, -0.1) is 0 Å². The molecule has 340 valence electrons. The minimum absolute atomic E-state index is 0.512. The summed E-state index contributed by atoms with van der Waals surface area (Å²) in [7, 11) is 0. The van der Waals surface area contributed by atoms with Gasteiger partial charge in [-0.1, -0.05) is 115 Å². The molecule has 0 aliphatic carbocycles. The van der Waals surface area contributed by atoms with Crippen molar-refractivity contribution in [3.05, 3.63) is 231 Å². The molecule has 7 aromatic heterocycles. The van der Waals surface area contributed by atoms with E-state index in [-0.39, 0.29) is 0 Å². The Balaban J connectivity index is 1.08. The molecule has 14 rings (SSSR count). The van der Waals surface area contributed by atoms with Crippen LogP contribution in [0.15, 0.2) is 231 Å². The Kier molecular flexibility index (Phi) is 9.92. The molecule has 10 heteroatoms. The first kappa shape index (κ1) is 41.8. The van der Waals surface area contributed by atoms with Crippen LogP contribution >= 0.6 is 0 Å². The van der Waals surface area contributed by atoms with Gasteiger partial charge in [0.1, 0.15) is 5.82 Å². The molecule has 0 aliphatic heterocycles. The van der Waals surface area contributed by atoms with Crippen molar-refractivity contribution in [3.8, 4) is 84.9 Å². The Morgan fingerprint density at radius 1 is 0.301 bits per heavy atom. The van der Waals surface area contributed by atoms with Gasteiger partial charge < -0.3 is 0 Å². The summed E-state index contributed by atoms with van der Waals surface area (Å²) in [6.07, 6.45) is 7.40. The van der Waals surface area contributed by atoms with Crippen molar-refractivity contribution >= 4 is 54.6 Å². The molecule has 0 bridgehead atoms. The second-order valence-electron chi connectivity index (χ2n) is 17.9. The first-order valence-corrected chi connectivity index (χ1v) is 24.0. The molecule has 10 nitrogen and oxygen atoms in total. The largest absolute Gasteiger partial charge is 0.292 e. The zero-order valence-corrected chi connectivity index (χ0v) is 38.9. The predicted molar refractivity (Wildman–Crippen MR) is 292 cm³/mol. The SMILES string of the molecule is c1ccc(-c2cc(-c3cnc4ccccc4c3)nc(-c3cc(-c4nc(-c5ccccc5)cc(-c5cnc6ccccc6c5)n4)cc(-c4nc5c6cccnc6c6ncccc6c5n4-c4ccccc4)c3)n2)cc1. The quantitative estimate of drug-likeness (QED) is 0.137. The van der Waals surface area contributed by atoms with E-state index in [1.165, 1.54) is 0 Å². The maximum Gasteiger partial charge on any atom is 0.160 e. The van der Waals surface area contributed by atoms with E-state index in [1.54, 1.807) is 0 Å². The van der Waals surface area contributed by atoms with Crippen LogP contribution in [0, 0.1) is 0 Å². The fourth-order valence-corrected chi connectivity index (χ4v) is 9.85.